The summed E-state index contributed by atoms with van der Waals surface area (Å²) < 4.78 is 2.57. The van der Waals surface area contributed by atoms with E-state index in [2.05, 4.69) is 66.1 Å². The van der Waals surface area contributed by atoms with Gasteiger partial charge in [0.1, 0.15) is 5.82 Å². The van der Waals surface area contributed by atoms with Gasteiger partial charge in [0, 0.05) is 16.4 Å². The average Bonchev–Trinajstić information content (AvgIpc) is 2.94. The molecule has 7 heteroatoms. The average molecular weight is 359 g/mol. The summed E-state index contributed by atoms with van der Waals surface area (Å²) in [5.74, 6) is 0.793. The molecule has 0 atom stereocenters. The monoisotopic (exact) mass is 358 g/mol. The van der Waals surface area contributed by atoms with Crippen molar-refractivity contribution in [2.45, 2.75) is 24.7 Å². The van der Waals surface area contributed by atoms with Gasteiger partial charge in [0.2, 0.25) is 0 Å². The summed E-state index contributed by atoms with van der Waals surface area (Å²) in [6.45, 7) is 0.865. The second-order valence-corrected chi connectivity index (χ2v) is 6.66. The predicted octanol–water partition coefficient (Wildman–Crippen LogP) is 2.82. The van der Waals surface area contributed by atoms with Crippen molar-refractivity contribution in [1.82, 2.24) is 25.3 Å². The van der Waals surface area contributed by atoms with Crippen LogP contribution in [-0.4, -0.2) is 31.8 Å². The molecule has 1 fully saturated rings. The molecule has 0 amide bonds. The molecule has 2 heterocycles. The lowest BCUT2D eigenvalue weighted by atomic mass is 9.64. The highest BCUT2D eigenvalue weighted by atomic mass is 79.9. The molecule has 0 bridgehead atoms. The summed E-state index contributed by atoms with van der Waals surface area (Å²) in [5, 5.41) is 19.1. The molecule has 1 N–H and O–H groups in total. The number of nitrogens with zero attached hydrogens (tertiary/aromatic N) is 5. The third kappa shape index (κ3) is 2.35. The Morgan fingerprint density at radius 2 is 2.14 bits per heavy atom. The highest BCUT2D eigenvalue weighted by molar-refractivity contribution is 9.10. The van der Waals surface area contributed by atoms with E-state index < -0.39 is 0 Å². The van der Waals surface area contributed by atoms with Crippen molar-refractivity contribution in [2.24, 2.45) is 0 Å². The van der Waals surface area contributed by atoms with Crippen LogP contribution in [0.5, 0.6) is 0 Å². The molecule has 2 aromatic heterocycles. The normalized spacial score (nSPS) is 16.4. The van der Waals surface area contributed by atoms with Gasteiger partial charge in [0.05, 0.1) is 0 Å². The van der Waals surface area contributed by atoms with Crippen molar-refractivity contribution >= 4 is 27.4 Å². The van der Waals surface area contributed by atoms with E-state index >= 15 is 0 Å². The van der Waals surface area contributed by atoms with Gasteiger partial charge in [-0.15, -0.1) is 14.8 Å². The first-order valence-electron chi connectivity index (χ1n) is 7.31. The Morgan fingerprint density at radius 1 is 1.23 bits per heavy atom. The lowest BCUT2D eigenvalue weighted by Crippen LogP contribution is -2.41. The summed E-state index contributed by atoms with van der Waals surface area (Å²) in [4.78, 5) is 0. The van der Waals surface area contributed by atoms with Crippen LogP contribution in [0.3, 0.4) is 0 Å². The molecular weight excluding hydrogens is 344 g/mol. The quantitative estimate of drug-likeness (QED) is 0.776. The van der Waals surface area contributed by atoms with Crippen LogP contribution in [0.15, 0.2) is 40.9 Å². The highest BCUT2D eigenvalue weighted by Gasteiger charge is 2.38. The number of halogens is 1. The van der Waals surface area contributed by atoms with Crippen LogP contribution in [0.1, 0.15) is 24.8 Å². The van der Waals surface area contributed by atoms with Crippen LogP contribution >= 0.6 is 15.9 Å². The van der Waals surface area contributed by atoms with Gasteiger partial charge in [-0.2, -0.15) is 0 Å². The zero-order valence-corrected chi connectivity index (χ0v) is 13.5. The van der Waals surface area contributed by atoms with Gasteiger partial charge in [0.25, 0.3) is 0 Å². The number of benzene rings is 1. The van der Waals surface area contributed by atoms with Gasteiger partial charge in [-0.05, 0) is 53.1 Å². The molecule has 112 valence electrons. The molecule has 1 saturated carbocycles. The summed E-state index contributed by atoms with van der Waals surface area (Å²) in [6.07, 6.45) is 3.67. The van der Waals surface area contributed by atoms with Gasteiger partial charge >= 0.3 is 0 Å². The zero-order valence-electron chi connectivity index (χ0n) is 11.9. The third-order valence-electron chi connectivity index (χ3n) is 4.43. The number of hydrogen-bond acceptors (Lipinski definition) is 5. The molecule has 0 radical (unpaired) electrons. The van der Waals surface area contributed by atoms with Crippen molar-refractivity contribution in [3.63, 3.8) is 0 Å². The third-order valence-corrected chi connectivity index (χ3v) is 4.92. The standard InChI is InChI=1S/C15H15BrN6/c16-12-4-1-3-11(9-12)15(7-2-8-15)10-17-13-5-6-14-18-20-21-22(14)19-13/h1,3-6,9H,2,7-8,10H2,(H,17,19). The van der Waals surface area contributed by atoms with Crippen LogP contribution in [0.25, 0.3) is 5.65 Å². The minimum atomic E-state index is 0.195. The number of rotatable bonds is 4. The Bertz CT molecular complexity index is 810. The van der Waals surface area contributed by atoms with Gasteiger partial charge in [0.15, 0.2) is 5.65 Å². The molecule has 3 aromatic rings. The van der Waals surface area contributed by atoms with E-state index in [1.165, 1.54) is 29.5 Å². The molecule has 6 nitrogen and oxygen atoms in total. The first-order chi connectivity index (χ1) is 10.8. The lowest BCUT2D eigenvalue weighted by Gasteiger charge is -2.42. The van der Waals surface area contributed by atoms with Gasteiger partial charge in [-0.25, -0.2) is 0 Å². The molecule has 0 unspecified atom stereocenters. The van der Waals surface area contributed by atoms with E-state index in [-0.39, 0.29) is 5.41 Å². The van der Waals surface area contributed by atoms with Crippen LogP contribution < -0.4 is 5.32 Å². The van der Waals surface area contributed by atoms with E-state index in [1.807, 2.05) is 12.1 Å². The SMILES string of the molecule is Brc1cccc(C2(CNc3ccc4nnnn4n3)CCC2)c1. The van der Waals surface area contributed by atoms with Gasteiger partial charge in [-0.1, -0.05) is 34.5 Å². The Hall–Kier alpha value is -2.02. The number of aromatic nitrogens is 5. The Balaban J connectivity index is 1.55. The molecule has 4 rings (SSSR count). The fraction of sp³-hybridized carbons (Fsp3) is 0.333. The van der Waals surface area contributed by atoms with E-state index in [1.54, 1.807) is 0 Å². The second kappa shape index (κ2) is 5.31. The molecule has 22 heavy (non-hydrogen) atoms. The molecule has 1 aliphatic carbocycles. The highest BCUT2D eigenvalue weighted by Crippen LogP contribution is 2.44. The first-order valence-corrected chi connectivity index (χ1v) is 8.10. The van der Waals surface area contributed by atoms with Crippen molar-refractivity contribution in [2.75, 3.05) is 11.9 Å². The van der Waals surface area contributed by atoms with Crippen molar-refractivity contribution < 1.29 is 0 Å². The molecule has 0 spiro atoms. The van der Waals surface area contributed by atoms with E-state index in [4.69, 9.17) is 0 Å². The fourth-order valence-electron chi connectivity index (χ4n) is 2.99. The van der Waals surface area contributed by atoms with E-state index in [0.29, 0.717) is 5.65 Å². The van der Waals surface area contributed by atoms with Crippen LogP contribution in [-0.2, 0) is 5.41 Å². The van der Waals surface area contributed by atoms with Gasteiger partial charge < -0.3 is 5.32 Å². The summed E-state index contributed by atoms with van der Waals surface area (Å²) >= 11 is 3.57. The molecule has 1 aliphatic rings. The largest absolute Gasteiger partial charge is 0.368 e. The number of tetrazole rings is 1. The number of anilines is 1. The Kier molecular flexibility index (Phi) is 3.29. The molecule has 0 aliphatic heterocycles. The Labute approximate surface area is 136 Å². The summed E-state index contributed by atoms with van der Waals surface area (Å²) in [7, 11) is 0. The number of fused-ring (bicyclic) bond motifs is 1. The predicted molar refractivity (Wildman–Crippen MR) is 86.7 cm³/mol. The van der Waals surface area contributed by atoms with Gasteiger partial charge in [-0.3, -0.25) is 0 Å². The number of hydrogen-bond donors (Lipinski definition) is 1. The summed E-state index contributed by atoms with van der Waals surface area (Å²) in [5.41, 5.74) is 2.22. The van der Waals surface area contributed by atoms with E-state index in [0.717, 1.165) is 16.8 Å². The van der Waals surface area contributed by atoms with Crippen LogP contribution in [0.4, 0.5) is 5.82 Å². The first kappa shape index (κ1) is 13.6. The molecule has 0 saturated heterocycles. The molecular formula is C15H15BrN6. The maximum atomic E-state index is 4.37. The number of nitrogens with one attached hydrogen (secondary N) is 1. The topological polar surface area (TPSA) is 68.0 Å². The van der Waals surface area contributed by atoms with Crippen molar-refractivity contribution in [3.05, 3.63) is 46.4 Å². The summed E-state index contributed by atoms with van der Waals surface area (Å²) in [6, 6.07) is 12.4. The van der Waals surface area contributed by atoms with Crippen LogP contribution in [0, 0.1) is 0 Å². The van der Waals surface area contributed by atoms with Crippen molar-refractivity contribution in [1.29, 1.82) is 0 Å². The lowest BCUT2D eigenvalue weighted by molar-refractivity contribution is 0.260. The van der Waals surface area contributed by atoms with Crippen LogP contribution in [0.2, 0.25) is 0 Å². The Morgan fingerprint density at radius 3 is 2.91 bits per heavy atom. The minimum Gasteiger partial charge on any atom is -0.368 e. The zero-order chi connectivity index (χ0) is 15.0. The van der Waals surface area contributed by atoms with E-state index in [9.17, 15) is 0 Å². The fourth-order valence-corrected chi connectivity index (χ4v) is 3.39. The maximum absolute atomic E-state index is 4.37. The molecule has 1 aromatic carbocycles. The second-order valence-electron chi connectivity index (χ2n) is 5.74. The minimum absolute atomic E-state index is 0.195. The van der Waals surface area contributed by atoms with Crippen molar-refractivity contribution in [3.8, 4) is 0 Å². The smallest absolute Gasteiger partial charge is 0.200 e. The maximum Gasteiger partial charge on any atom is 0.200 e.